The van der Waals surface area contributed by atoms with Crippen LogP contribution in [0.4, 0.5) is 5.69 Å². The molecule has 7 heteroatoms. The Kier molecular flexibility index (Phi) is 5.22. The fraction of sp³-hybridized carbons (Fsp3) is 0.333. The zero-order chi connectivity index (χ0) is 18.0. The lowest BCUT2D eigenvalue weighted by atomic mass is 10.2. The minimum atomic E-state index is -3.60. The van der Waals surface area contributed by atoms with Gasteiger partial charge in [0.1, 0.15) is 5.75 Å². The zero-order valence-electron chi connectivity index (χ0n) is 14.3. The fourth-order valence-corrected chi connectivity index (χ4v) is 4.29. The third-order valence-electron chi connectivity index (χ3n) is 4.43. The largest absolute Gasteiger partial charge is 0.495 e. The number of nitrogens with zero attached hydrogens (tertiary/aromatic N) is 2. The first-order valence-corrected chi connectivity index (χ1v) is 9.90. The summed E-state index contributed by atoms with van der Waals surface area (Å²) in [7, 11) is 0.0749. The van der Waals surface area contributed by atoms with Gasteiger partial charge < -0.3 is 14.5 Å². The van der Waals surface area contributed by atoms with Crippen molar-refractivity contribution in [3.05, 3.63) is 47.5 Å². The van der Waals surface area contributed by atoms with Gasteiger partial charge in [-0.05, 0) is 49.5 Å². The van der Waals surface area contributed by atoms with Gasteiger partial charge in [0.05, 0.1) is 22.6 Å². The summed E-state index contributed by atoms with van der Waals surface area (Å²) in [4.78, 5) is 4.90. The second kappa shape index (κ2) is 7.23. The minimum Gasteiger partial charge on any atom is -0.495 e. The summed E-state index contributed by atoms with van der Waals surface area (Å²) in [6.45, 7) is 3.52. The number of halogens is 1. The first-order chi connectivity index (χ1) is 11.9. The summed E-state index contributed by atoms with van der Waals surface area (Å²) in [5.41, 5.74) is 0.811. The molecular formula is C18H21ClN2O3S. The number of anilines is 1. The van der Waals surface area contributed by atoms with Crippen molar-refractivity contribution < 1.29 is 13.2 Å². The molecule has 0 saturated carbocycles. The van der Waals surface area contributed by atoms with Crippen LogP contribution in [0.1, 0.15) is 0 Å². The van der Waals surface area contributed by atoms with E-state index in [1.54, 1.807) is 37.4 Å². The monoisotopic (exact) mass is 380 g/mol. The third-order valence-corrected chi connectivity index (χ3v) is 6.45. The second-order valence-corrected chi connectivity index (χ2v) is 8.47. The Labute approximate surface area is 153 Å². The van der Waals surface area contributed by atoms with E-state index in [2.05, 4.69) is 16.8 Å². The molecule has 3 rings (SSSR count). The summed E-state index contributed by atoms with van der Waals surface area (Å²) in [5.74, 6) is 0.680. The molecule has 25 heavy (non-hydrogen) atoms. The van der Waals surface area contributed by atoms with Crippen LogP contribution < -0.4 is 9.64 Å². The first kappa shape index (κ1) is 18.0. The van der Waals surface area contributed by atoms with Gasteiger partial charge in [0.15, 0.2) is 0 Å². The summed E-state index contributed by atoms with van der Waals surface area (Å²) < 4.78 is 31.3. The topological polar surface area (TPSA) is 49.9 Å². The van der Waals surface area contributed by atoms with E-state index in [4.69, 9.17) is 16.3 Å². The molecule has 134 valence electrons. The number of hydrogen-bond acceptors (Lipinski definition) is 5. The van der Waals surface area contributed by atoms with Crippen LogP contribution in [0.2, 0.25) is 5.02 Å². The standard InChI is InChI=1S/C18H21ClN2O3S/c1-20-9-11-21(12-10-20)17-13-16(7-8-18(17)24-2)25(22,23)15-5-3-14(19)4-6-15/h3-8,13H,9-12H2,1-2H3. The highest BCUT2D eigenvalue weighted by molar-refractivity contribution is 7.91. The van der Waals surface area contributed by atoms with Gasteiger partial charge in [-0.1, -0.05) is 11.6 Å². The van der Waals surface area contributed by atoms with Gasteiger partial charge in [-0.25, -0.2) is 8.42 Å². The van der Waals surface area contributed by atoms with E-state index in [9.17, 15) is 8.42 Å². The van der Waals surface area contributed by atoms with Crippen molar-refractivity contribution in [2.24, 2.45) is 0 Å². The Morgan fingerprint density at radius 1 is 0.960 bits per heavy atom. The Balaban J connectivity index is 2.00. The van der Waals surface area contributed by atoms with Gasteiger partial charge in [0.2, 0.25) is 9.84 Å². The Morgan fingerprint density at radius 3 is 2.16 bits per heavy atom. The predicted octanol–water partition coefficient (Wildman–Crippen LogP) is 2.93. The molecule has 1 saturated heterocycles. The van der Waals surface area contributed by atoms with Crippen LogP contribution in [0.3, 0.4) is 0 Å². The van der Waals surface area contributed by atoms with Crippen LogP contribution in [0, 0.1) is 0 Å². The SMILES string of the molecule is COc1ccc(S(=O)(=O)c2ccc(Cl)cc2)cc1N1CCN(C)CC1. The van der Waals surface area contributed by atoms with E-state index >= 15 is 0 Å². The summed E-state index contributed by atoms with van der Waals surface area (Å²) in [6, 6.07) is 11.2. The van der Waals surface area contributed by atoms with Crippen molar-refractivity contribution >= 4 is 27.1 Å². The van der Waals surface area contributed by atoms with E-state index < -0.39 is 9.84 Å². The van der Waals surface area contributed by atoms with Gasteiger partial charge in [-0.2, -0.15) is 0 Å². The number of piperazine rings is 1. The summed E-state index contributed by atoms with van der Waals surface area (Å²) in [6.07, 6.45) is 0. The molecule has 1 heterocycles. The highest BCUT2D eigenvalue weighted by atomic mass is 35.5. The molecule has 1 aliphatic heterocycles. The van der Waals surface area contributed by atoms with Crippen LogP contribution >= 0.6 is 11.6 Å². The van der Waals surface area contributed by atoms with Crippen molar-refractivity contribution in [2.45, 2.75) is 9.79 Å². The van der Waals surface area contributed by atoms with Crippen molar-refractivity contribution in [3.8, 4) is 5.75 Å². The maximum atomic E-state index is 12.9. The van der Waals surface area contributed by atoms with Crippen molar-refractivity contribution in [1.82, 2.24) is 4.90 Å². The van der Waals surface area contributed by atoms with Gasteiger partial charge in [0.25, 0.3) is 0 Å². The lowest BCUT2D eigenvalue weighted by molar-refractivity contribution is 0.311. The minimum absolute atomic E-state index is 0.228. The molecular weight excluding hydrogens is 360 g/mol. The lowest BCUT2D eigenvalue weighted by Crippen LogP contribution is -2.44. The van der Waals surface area contributed by atoms with Crippen molar-refractivity contribution in [3.63, 3.8) is 0 Å². The molecule has 2 aromatic carbocycles. The molecule has 1 aliphatic rings. The normalized spacial score (nSPS) is 16.0. The quantitative estimate of drug-likeness (QED) is 0.816. The maximum absolute atomic E-state index is 12.9. The van der Waals surface area contributed by atoms with Crippen LogP contribution in [0.15, 0.2) is 52.3 Å². The van der Waals surface area contributed by atoms with Gasteiger partial charge in [0, 0.05) is 31.2 Å². The smallest absolute Gasteiger partial charge is 0.206 e. The molecule has 0 atom stereocenters. The molecule has 0 unspecified atom stereocenters. The molecule has 0 aromatic heterocycles. The molecule has 1 fully saturated rings. The van der Waals surface area contributed by atoms with E-state index in [-0.39, 0.29) is 9.79 Å². The van der Waals surface area contributed by atoms with E-state index in [1.165, 1.54) is 12.1 Å². The number of benzene rings is 2. The molecule has 2 aromatic rings. The molecule has 0 aliphatic carbocycles. The van der Waals surface area contributed by atoms with Crippen LogP contribution in [-0.4, -0.2) is 53.7 Å². The van der Waals surface area contributed by atoms with Crippen LogP contribution in [0.25, 0.3) is 0 Å². The van der Waals surface area contributed by atoms with E-state index in [0.717, 1.165) is 31.9 Å². The predicted molar refractivity (Wildman–Crippen MR) is 99.6 cm³/mol. The number of hydrogen-bond donors (Lipinski definition) is 0. The van der Waals surface area contributed by atoms with E-state index in [0.29, 0.717) is 10.8 Å². The van der Waals surface area contributed by atoms with Crippen molar-refractivity contribution in [2.75, 3.05) is 45.2 Å². The van der Waals surface area contributed by atoms with Crippen molar-refractivity contribution in [1.29, 1.82) is 0 Å². The summed E-state index contributed by atoms with van der Waals surface area (Å²) >= 11 is 5.86. The Morgan fingerprint density at radius 2 is 1.56 bits per heavy atom. The molecule has 0 amide bonds. The average molecular weight is 381 g/mol. The molecule has 0 N–H and O–H groups in total. The summed E-state index contributed by atoms with van der Waals surface area (Å²) in [5, 5.41) is 0.506. The highest BCUT2D eigenvalue weighted by Crippen LogP contribution is 2.33. The second-order valence-electron chi connectivity index (χ2n) is 6.08. The number of sulfone groups is 1. The lowest BCUT2D eigenvalue weighted by Gasteiger charge is -2.34. The maximum Gasteiger partial charge on any atom is 0.206 e. The molecule has 0 spiro atoms. The Bertz CT molecular complexity index is 845. The molecule has 0 bridgehead atoms. The third kappa shape index (κ3) is 3.76. The number of ether oxygens (including phenoxy) is 1. The number of methoxy groups -OCH3 is 1. The van der Waals surface area contributed by atoms with Gasteiger partial charge >= 0.3 is 0 Å². The van der Waals surface area contributed by atoms with Crippen LogP contribution in [0.5, 0.6) is 5.75 Å². The van der Waals surface area contributed by atoms with Gasteiger partial charge in [-0.15, -0.1) is 0 Å². The van der Waals surface area contributed by atoms with E-state index in [1.807, 2.05) is 0 Å². The number of rotatable bonds is 4. The number of likely N-dealkylation sites (N-methyl/N-ethyl adjacent to an activating group) is 1. The van der Waals surface area contributed by atoms with Crippen LogP contribution in [-0.2, 0) is 9.84 Å². The molecule has 5 nitrogen and oxygen atoms in total. The van der Waals surface area contributed by atoms with Gasteiger partial charge in [-0.3, -0.25) is 0 Å². The highest BCUT2D eigenvalue weighted by Gasteiger charge is 2.23. The average Bonchev–Trinajstić information content (AvgIpc) is 2.62. The fourth-order valence-electron chi connectivity index (χ4n) is 2.88. The first-order valence-electron chi connectivity index (χ1n) is 8.04. The zero-order valence-corrected chi connectivity index (χ0v) is 15.8. The Hall–Kier alpha value is -1.76. The molecule has 0 radical (unpaired) electrons.